The van der Waals surface area contributed by atoms with E-state index < -0.39 is 48.1 Å². The normalized spacial score (nSPS) is 13.1. The number of alkyl halides is 3. The Hall–Kier alpha value is -0.950. The maximum absolute atomic E-state index is 13.1. The van der Waals surface area contributed by atoms with Crippen molar-refractivity contribution in [1.29, 1.82) is 0 Å². The van der Waals surface area contributed by atoms with Crippen LogP contribution in [0.1, 0.15) is 24.4 Å². The Morgan fingerprint density at radius 3 is 1.89 bits per heavy atom. The SMILES string of the molecule is Cl.N[C@@H](CCC(F)(F)F)c1c(F)cc(F)cc1F. The van der Waals surface area contributed by atoms with Gasteiger partial charge in [-0.3, -0.25) is 0 Å². The number of hydrogen-bond donors (Lipinski definition) is 1. The maximum atomic E-state index is 13.1. The zero-order chi connectivity index (χ0) is 13.2. The van der Waals surface area contributed by atoms with Crippen LogP contribution >= 0.6 is 12.4 Å². The van der Waals surface area contributed by atoms with Crippen LogP contribution in [0.15, 0.2) is 12.1 Å². The Labute approximate surface area is 105 Å². The van der Waals surface area contributed by atoms with E-state index in [4.69, 9.17) is 5.73 Å². The first-order valence-electron chi connectivity index (χ1n) is 4.67. The zero-order valence-electron chi connectivity index (χ0n) is 8.90. The van der Waals surface area contributed by atoms with E-state index in [9.17, 15) is 26.3 Å². The first-order valence-corrected chi connectivity index (χ1v) is 4.67. The Morgan fingerprint density at radius 2 is 1.50 bits per heavy atom. The summed E-state index contributed by atoms with van der Waals surface area (Å²) in [7, 11) is 0. The van der Waals surface area contributed by atoms with Gasteiger partial charge in [-0.25, -0.2) is 13.2 Å². The second-order valence-electron chi connectivity index (χ2n) is 3.54. The molecule has 0 unspecified atom stereocenters. The first kappa shape index (κ1) is 17.1. The highest BCUT2D eigenvalue weighted by Crippen LogP contribution is 2.29. The summed E-state index contributed by atoms with van der Waals surface area (Å²) in [5, 5.41) is 0. The van der Waals surface area contributed by atoms with Crippen molar-refractivity contribution in [2.45, 2.75) is 25.1 Å². The third-order valence-electron chi connectivity index (χ3n) is 2.15. The van der Waals surface area contributed by atoms with Crippen LogP contribution in [-0.2, 0) is 0 Å². The standard InChI is InChI=1S/C10H9F6N.ClH/c11-5-3-6(12)9(7(13)4-5)8(17)1-2-10(14,15)16;/h3-4,8H,1-2,17H2;1H/t8-;/m0./s1. The van der Waals surface area contributed by atoms with Gasteiger partial charge in [0.2, 0.25) is 0 Å². The predicted octanol–water partition coefficient (Wildman–Crippen LogP) is 3.87. The molecule has 8 heteroatoms. The lowest BCUT2D eigenvalue weighted by molar-refractivity contribution is -0.136. The summed E-state index contributed by atoms with van der Waals surface area (Å²) in [6.07, 6.45) is -6.38. The Morgan fingerprint density at radius 1 is 1.06 bits per heavy atom. The molecule has 0 fully saturated rings. The molecule has 18 heavy (non-hydrogen) atoms. The molecule has 0 saturated heterocycles. The van der Waals surface area contributed by atoms with Crippen molar-refractivity contribution >= 4 is 12.4 Å². The lowest BCUT2D eigenvalue weighted by Crippen LogP contribution is -2.18. The highest BCUT2D eigenvalue weighted by molar-refractivity contribution is 5.85. The monoisotopic (exact) mass is 293 g/mol. The molecule has 1 rings (SSSR count). The van der Waals surface area contributed by atoms with E-state index >= 15 is 0 Å². The van der Waals surface area contributed by atoms with Crippen LogP contribution in [0.4, 0.5) is 26.3 Å². The van der Waals surface area contributed by atoms with Gasteiger partial charge in [0.05, 0.1) is 0 Å². The number of halogens is 7. The molecule has 2 N–H and O–H groups in total. The highest BCUT2D eigenvalue weighted by Gasteiger charge is 2.29. The van der Waals surface area contributed by atoms with E-state index in [2.05, 4.69) is 0 Å². The molecule has 0 amide bonds. The lowest BCUT2D eigenvalue weighted by Gasteiger charge is -2.15. The molecule has 104 valence electrons. The van der Waals surface area contributed by atoms with Gasteiger partial charge in [-0.05, 0) is 6.42 Å². The topological polar surface area (TPSA) is 26.0 Å². The van der Waals surface area contributed by atoms with Gasteiger partial charge in [-0.1, -0.05) is 0 Å². The van der Waals surface area contributed by atoms with Crippen molar-refractivity contribution < 1.29 is 26.3 Å². The average Bonchev–Trinajstić information content (AvgIpc) is 2.11. The van der Waals surface area contributed by atoms with Crippen molar-refractivity contribution in [3.63, 3.8) is 0 Å². The van der Waals surface area contributed by atoms with Crippen molar-refractivity contribution in [3.05, 3.63) is 35.1 Å². The van der Waals surface area contributed by atoms with Crippen LogP contribution in [0.2, 0.25) is 0 Å². The molecule has 1 atom stereocenters. The molecule has 1 aromatic rings. The van der Waals surface area contributed by atoms with Crippen molar-refractivity contribution in [1.82, 2.24) is 0 Å². The predicted molar refractivity (Wildman–Crippen MR) is 55.8 cm³/mol. The number of benzene rings is 1. The molecule has 1 nitrogen and oxygen atoms in total. The summed E-state index contributed by atoms with van der Waals surface area (Å²) in [5.41, 5.74) is 4.53. The highest BCUT2D eigenvalue weighted by atomic mass is 35.5. The Kier molecular flexibility index (Phi) is 5.95. The van der Waals surface area contributed by atoms with Gasteiger partial charge in [0.1, 0.15) is 17.5 Å². The summed E-state index contributed by atoms with van der Waals surface area (Å²) in [6, 6.07) is -0.699. The summed E-state index contributed by atoms with van der Waals surface area (Å²) in [6.45, 7) is 0. The summed E-state index contributed by atoms with van der Waals surface area (Å²) in [5.74, 6) is -3.71. The molecule has 0 aromatic heterocycles. The Balaban J connectivity index is 0.00000289. The molecule has 0 aliphatic carbocycles. The minimum Gasteiger partial charge on any atom is -0.324 e. The second-order valence-corrected chi connectivity index (χ2v) is 3.54. The molecule has 0 spiro atoms. The molecule has 0 heterocycles. The van der Waals surface area contributed by atoms with E-state index in [0.29, 0.717) is 12.1 Å². The minimum absolute atomic E-state index is 0. The third kappa shape index (κ3) is 4.73. The quantitative estimate of drug-likeness (QED) is 0.841. The molecule has 0 saturated carbocycles. The fraction of sp³-hybridized carbons (Fsp3) is 0.400. The largest absolute Gasteiger partial charge is 0.389 e. The van der Waals surface area contributed by atoms with E-state index in [1.54, 1.807) is 0 Å². The van der Waals surface area contributed by atoms with E-state index in [1.165, 1.54) is 0 Å². The molecule has 0 bridgehead atoms. The number of rotatable bonds is 3. The second kappa shape index (κ2) is 6.29. The smallest absolute Gasteiger partial charge is 0.324 e. The summed E-state index contributed by atoms with van der Waals surface area (Å²) >= 11 is 0. The zero-order valence-corrected chi connectivity index (χ0v) is 9.72. The average molecular weight is 294 g/mol. The molecule has 1 aromatic carbocycles. The van der Waals surface area contributed by atoms with Crippen LogP contribution in [0, 0.1) is 17.5 Å². The van der Waals surface area contributed by atoms with Crippen molar-refractivity contribution in [2.75, 3.05) is 0 Å². The van der Waals surface area contributed by atoms with E-state index in [1.807, 2.05) is 0 Å². The minimum atomic E-state index is -4.45. The summed E-state index contributed by atoms with van der Waals surface area (Å²) < 4.78 is 74.5. The fourth-order valence-corrected chi connectivity index (χ4v) is 1.37. The van der Waals surface area contributed by atoms with Crippen LogP contribution < -0.4 is 5.73 Å². The number of hydrogen-bond acceptors (Lipinski definition) is 1. The van der Waals surface area contributed by atoms with Gasteiger partial charge in [0.15, 0.2) is 0 Å². The number of nitrogens with two attached hydrogens (primary N) is 1. The Bertz CT molecular complexity index is 383. The van der Waals surface area contributed by atoms with Crippen LogP contribution in [0.3, 0.4) is 0 Å². The van der Waals surface area contributed by atoms with Crippen molar-refractivity contribution in [3.8, 4) is 0 Å². The van der Waals surface area contributed by atoms with Gasteiger partial charge < -0.3 is 5.73 Å². The van der Waals surface area contributed by atoms with Crippen LogP contribution in [0.5, 0.6) is 0 Å². The first-order chi connectivity index (χ1) is 7.70. The third-order valence-corrected chi connectivity index (χ3v) is 2.15. The lowest BCUT2D eigenvalue weighted by atomic mass is 10.0. The van der Waals surface area contributed by atoms with Gasteiger partial charge >= 0.3 is 6.18 Å². The maximum Gasteiger partial charge on any atom is 0.389 e. The van der Waals surface area contributed by atoms with Gasteiger partial charge in [-0.2, -0.15) is 13.2 Å². The van der Waals surface area contributed by atoms with Gasteiger partial charge in [0.25, 0.3) is 0 Å². The molecular weight excluding hydrogens is 284 g/mol. The van der Waals surface area contributed by atoms with Gasteiger partial charge in [0, 0.05) is 30.2 Å². The fourth-order valence-electron chi connectivity index (χ4n) is 1.37. The summed E-state index contributed by atoms with van der Waals surface area (Å²) in [4.78, 5) is 0. The van der Waals surface area contributed by atoms with E-state index in [-0.39, 0.29) is 12.4 Å². The van der Waals surface area contributed by atoms with E-state index in [0.717, 1.165) is 0 Å². The van der Waals surface area contributed by atoms with Crippen LogP contribution in [0.25, 0.3) is 0 Å². The molecular formula is C10H10ClF6N. The van der Waals surface area contributed by atoms with Gasteiger partial charge in [-0.15, -0.1) is 12.4 Å². The molecule has 0 aliphatic heterocycles. The van der Waals surface area contributed by atoms with Crippen molar-refractivity contribution in [2.24, 2.45) is 5.73 Å². The molecule has 0 radical (unpaired) electrons. The van der Waals surface area contributed by atoms with Crippen LogP contribution in [-0.4, -0.2) is 6.18 Å². The molecule has 0 aliphatic rings.